The first kappa shape index (κ1) is 20.8. The van der Waals surface area contributed by atoms with Crippen LogP contribution in [-0.2, 0) is 0 Å². The Labute approximate surface area is 158 Å². The fraction of sp³-hybridized carbons (Fsp3) is 0.450. The number of benzene rings is 1. The summed E-state index contributed by atoms with van der Waals surface area (Å²) >= 11 is 0. The first-order valence-corrected chi connectivity index (χ1v) is 8.93. The van der Waals surface area contributed by atoms with Gasteiger partial charge in [0.1, 0.15) is 11.5 Å². The van der Waals surface area contributed by atoms with Crippen LogP contribution < -0.4 is 5.32 Å². The molecular weight excluding hydrogens is 349 g/mol. The quantitative estimate of drug-likeness (QED) is 0.802. The maximum absolute atomic E-state index is 12.7. The minimum absolute atomic E-state index is 0.297. The van der Waals surface area contributed by atoms with Crippen molar-refractivity contribution in [2.75, 3.05) is 19.6 Å². The number of pyridine rings is 1. The number of amides is 1. The molecule has 1 aromatic carbocycles. The summed E-state index contributed by atoms with van der Waals surface area (Å²) in [4.78, 5) is 26.9. The molecule has 0 radical (unpaired) electrons. The van der Waals surface area contributed by atoms with E-state index in [1.54, 1.807) is 18.2 Å². The van der Waals surface area contributed by atoms with Gasteiger partial charge in [0.25, 0.3) is 0 Å². The Kier molecular flexibility index (Phi) is 6.85. The van der Waals surface area contributed by atoms with Gasteiger partial charge < -0.3 is 15.3 Å². The van der Waals surface area contributed by atoms with E-state index in [1.807, 2.05) is 20.8 Å². The van der Waals surface area contributed by atoms with E-state index in [9.17, 15) is 14.0 Å². The number of nitrogens with zero attached hydrogens (tertiary/aromatic N) is 2. The van der Waals surface area contributed by atoms with Crippen LogP contribution in [0.5, 0.6) is 0 Å². The Hall–Kier alpha value is -2.54. The van der Waals surface area contributed by atoms with Gasteiger partial charge in [-0.3, -0.25) is 4.79 Å². The molecule has 2 heterocycles. The summed E-state index contributed by atoms with van der Waals surface area (Å²) in [5, 5.41) is 13.1. The second-order valence-corrected chi connectivity index (χ2v) is 7.61. The average Bonchev–Trinajstić information content (AvgIpc) is 3.11. The van der Waals surface area contributed by atoms with Gasteiger partial charge in [-0.15, -0.1) is 0 Å². The van der Waals surface area contributed by atoms with Crippen molar-refractivity contribution >= 4 is 23.3 Å². The van der Waals surface area contributed by atoms with E-state index in [-0.39, 0.29) is 11.4 Å². The molecule has 1 aromatic heterocycles. The zero-order valence-corrected chi connectivity index (χ0v) is 15.9. The number of nitrogens with one attached hydrogen (secondary N) is 1. The van der Waals surface area contributed by atoms with Crippen LogP contribution in [0.15, 0.2) is 30.3 Å². The summed E-state index contributed by atoms with van der Waals surface area (Å²) in [5.41, 5.74) is 0.525. The van der Waals surface area contributed by atoms with Crippen LogP contribution in [0.25, 0.3) is 10.9 Å². The predicted molar refractivity (Wildman–Crippen MR) is 103 cm³/mol. The van der Waals surface area contributed by atoms with Gasteiger partial charge in [0.15, 0.2) is 6.29 Å². The summed E-state index contributed by atoms with van der Waals surface area (Å²) in [6.07, 6.45) is 0.911. The lowest BCUT2D eigenvalue weighted by Crippen LogP contribution is -2.47. The van der Waals surface area contributed by atoms with Crippen molar-refractivity contribution in [1.29, 1.82) is 0 Å². The highest BCUT2D eigenvalue weighted by atomic mass is 19.1. The Morgan fingerprint density at radius 3 is 2.63 bits per heavy atom. The molecule has 0 saturated carbocycles. The Morgan fingerprint density at radius 2 is 2.07 bits per heavy atom. The van der Waals surface area contributed by atoms with Gasteiger partial charge in [-0.1, -0.05) is 6.07 Å². The highest BCUT2D eigenvalue weighted by Crippen LogP contribution is 2.18. The molecule has 0 bridgehead atoms. The largest absolute Gasteiger partial charge is 0.465 e. The number of aldehydes is 1. The van der Waals surface area contributed by atoms with Crippen LogP contribution in [0, 0.1) is 11.7 Å². The molecule has 2 N–H and O–H groups in total. The third-order valence-corrected chi connectivity index (χ3v) is 4.44. The van der Waals surface area contributed by atoms with Crippen molar-refractivity contribution in [1.82, 2.24) is 15.2 Å². The Balaban J connectivity index is 0.000000194. The van der Waals surface area contributed by atoms with E-state index < -0.39 is 6.09 Å². The molecule has 7 heteroatoms. The molecule has 0 unspecified atom stereocenters. The van der Waals surface area contributed by atoms with Gasteiger partial charge in [-0.2, -0.15) is 0 Å². The first-order chi connectivity index (χ1) is 12.7. The molecular formula is C20H26FN3O3. The van der Waals surface area contributed by atoms with Crippen LogP contribution in [0.2, 0.25) is 0 Å². The van der Waals surface area contributed by atoms with Crippen molar-refractivity contribution in [3.05, 3.63) is 41.8 Å². The van der Waals surface area contributed by atoms with Crippen LogP contribution in [0.1, 0.15) is 37.7 Å². The molecule has 146 valence electrons. The van der Waals surface area contributed by atoms with Crippen molar-refractivity contribution in [2.45, 2.75) is 32.7 Å². The molecule has 1 atom stereocenters. The Morgan fingerprint density at radius 1 is 1.37 bits per heavy atom. The van der Waals surface area contributed by atoms with E-state index in [1.165, 1.54) is 17.0 Å². The molecule has 1 amide bonds. The fourth-order valence-corrected chi connectivity index (χ4v) is 2.94. The molecule has 6 nitrogen and oxygen atoms in total. The molecule has 27 heavy (non-hydrogen) atoms. The zero-order valence-electron chi connectivity index (χ0n) is 15.9. The van der Waals surface area contributed by atoms with Crippen molar-refractivity contribution in [2.24, 2.45) is 5.92 Å². The van der Waals surface area contributed by atoms with Gasteiger partial charge in [-0.05, 0) is 64.4 Å². The molecule has 1 fully saturated rings. The van der Waals surface area contributed by atoms with Gasteiger partial charge >= 0.3 is 6.09 Å². The van der Waals surface area contributed by atoms with Crippen LogP contribution >= 0.6 is 0 Å². The third kappa shape index (κ3) is 5.99. The fourth-order valence-electron chi connectivity index (χ4n) is 2.94. The van der Waals surface area contributed by atoms with E-state index in [0.29, 0.717) is 30.0 Å². The first-order valence-electron chi connectivity index (χ1n) is 8.93. The number of rotatable bonds is 3. The SMILES string of the molecule is CC(C)(C)N(C[C@H]1CCNC1)C(=O)O.O=Cc1ccc2ccc(F)cc2n1. The summed E-state index contributed by atoms with van der Waals surface area (Å²) in [6.45, 7) is 8.41. The molecule has 1 saturated heterocycles. The van der Waals surface area contributed by atoms with Crippen LogP contribution in [0.3, 0.4) is 0 Å². The van der Waals surface area contributed by atoms with Crippen molar-refractivity contribution < 1.29 is 19.1 Å². The van der Waals surface area contributed by atoms with Gasteiger partial charge in [-0.25, -0.2) is 14.2 Å². The number of aromatic nitrogens is 1. The summed E-state index contributed by atoms with van der Waals surface area (Å²) in [6, 6.07) is 7.65. The standard InChI is InChI=1S/C10H6FNO.C10H20N2O2/c11-8-3-1-7-2-4-9(6-13)12-10(7)5-8;1-10(2,3)12(9(13)14)7-8-4-5-11-6-8/h1-6H;8,11H,4-7H2,1-3H3,(H,13,14)/t;8-/m.0/s1. The normalized spacial score (nSPS) is 16.5. The smallest absolute Gasteiger partial charge is 0.407 e. The minimum Gasteiger partial charge on any atom is -0.465 e. The van der Waals surface area contributed by atoms with E-state index >= 15 is 0 Å². The molecule has 0 aliphatic carbocycles. The third-order valence-electron chi connectivity index (χ3n) is 4.44. The number of carbonyl (C=O) groups is 2. The van der Waals surface area contributed by atoms with Crippen LogP contribution in [-0.4, -0.2) is 52.5 Å². The lowest BCUT2D eigenvalue weighted by Gasteiger charge is -2.34. The Bertz CT molecular complexity index is 799. The number of hydrogen-bond donors (Lipinski definition) is 2. The molecule has 2 aromatic rings. The second-order valence-electron chi connectivity index (χ2n) is 7.61. The van der Waals surface area contributed by atoms with E-state index in [4.69, 9.17) is 5.11 Å². The summed E-state index contributed by atoms with van der Waals surface area (Å²) in [5.74, 6) is 0.133. The number of carboxylic acid groups (broad SMARTS) is 1. The maximum Gasteiger partial charge on any atom is 0.407 e. The van der Waals surface area contributed by atoms with Crippen molar-refractivity contribution in [3.63, 3.8) is 0 Å². The monoisotopic (exact) mass is 375 g/mol. The van der Waals surface area contributed by atoms with Gasteiger partial charge in [0, 0.05) is 23.5 Å². The molecule has 1 aliphatic rings. The second kappa shape index (κ2) is 8.90. The predicted octanol–water partition coefficient (Wildman–Crippen LogP) is 3.56. The van der Waals surface area contributed by atoms with Gasteiger partial charge in [0.05, 0.1) is 5.52 Å². The number of halogens is 1. The van der Waals surface area contributed by atoms with Gasteiger partial charge in [0.2, 0.25) is 0 Å². The molecule has 1 aliphatic heterocycles. The topological polar surface area (TPSA) is 82.5 Å². The van der Waals surface area contributed by atoms with E-state index in [0.717, 1.165) is 24.9 Å². The van der Waals surface area contributed by atoms with Crippen molar-refractivity contribution in [3.8, 4) is 0 Å². The highest BCUT2D eigenvalue weighted by Gasteiger charge is 2.29. The summed E-state index contributed by atoms with van der Waals surface area (Å²) in [7, 11) is 0. The van der Waals surface area contributed by atoms with Crippen LogP contribution in [0.4, 0.5) is 9.18 Å². The molecule has 3 rings (SSSR count). The number of fused-ring (bicyclic) bond motifs is 1. The zero-order chi connectivity index (χ0) is 20.0. The lowest BCUT2D eigenvalue weighted by atomic mass is 10.0. The number of hydrogen-bond acceptors (Lipinski definition) is 4. The minimum atomic E-state index is -0.815. The summed E-state index contributed by atoms with van der Waals surface area (Å²) < 4.78 is 12.7. The number of carbonyl (C=O) groups excluding carboxylic acids is 1. The van der Waals surface area contributed by atoms with E-state index in [2.05, 4.69) is 10.3 Å². The molecule has 0 spiro atoms. The average molecular weight is 375 g/mol. The highest BCUT2D eigenvalue weighted by molar-refractivity contribution is 5.83. The maximum atomic E-state index is 12.7. The lowest BCUT2D eigenvalue weighted by molar-refractivity contribution is 0.0906.